The number of fused-ring (bicyclic) bond motifs is 1. The van der Waals surface area contributed by atoms with E-state index in [0.717, 1.165) is 12.1 Å². The van der Waals surface area contributed by atoms with Gasteiger partial charge in [0.2, 0.25) is 15.7 Å². The van der Waals surface area contributed by atoms with Crippen LogP contribution in [0.25, 0.3) is 10.9 Å². The van der Waals surface area contributed by atoms with Crippen molar-refractivity contribution in [2.45, 2.75) is 43.5 Å². The predicted molar refractivity (Wildman–Crippen MR) is 115 cm³/mol. The number of H-pyrrole nitrogens is 1. The van der Waals surface area contributed by atoms with Gasteiger partial charge in [0, 0.05) is 6.04 Å². The fourth-order valence-electron chi connectivity index (χ4n) is 3.48. The van der Waals surface area contributed by atoms with Gasteiger partial charge in [0.1, 0.15) is 10.6 Å². The van der Waals surface area contributed by atoms with Crippen molar-refractivity contribution in [1.82, 2.24) is 10.3 Å². The topological polar surface area (TPSA) is 122 Å². The second-order valence-electron chi connectivity index (χ2n) is 7.89. The summed E-state index contributed by atoms with van der Waals surface area (Å²) in [6, 6.07) is 5.77. The number of aromatic nitrogens is 1. The van der Waals surface area contributed by atoms with Gasteiger partial charge in [-0.15, -0.1) is 0 Å². The molecule has 170 valence electrons. The summed E-state index contributed by atoms with van der Waals surface area (Å²) in [5, 5.41) is 1.96. The van der Waals surface area contributed by atoms with E-state index < -0.39 is 61.2 Å². The van der Waals surface area contributed by atoms with Gasteiger partial charge in [0.25, 0.3) is 5.91 Å². The third kappa shape index (κ3) is 4.10. The van der Waals surface area contributed by atoms with E-state index in [1.807, 2.05) is 0 Å². The highest BCUT2D eigenvalue weighted by Gasteiger charge is 2.33. The molecule has 0 radical (unpaired) electrons. The Morgan fingerprint density at radius 2 is 1.66 bits per heavy atom. The smallest absolute Gasteiger partial charge is 0.269 e. The van der Waals surface area contributed by atoms with Crippen molar-refractivity contribution < 1.29 is 26.8 Å². The number of primary amides is 1. The predicted octanol–water partition coefficient (Wildman–Crippen LogP) is 3.14. The number of carbonyl (C=O) groups is 2. The van der Waals surface area contributed by atoms with E-state index >= 15 is 0 Å². The Morgan fingerprint density at radius 1 is 1.06 bits per heavy atom. The van der Waals surface area contributed by atoms with Crippen LogP contribution in [0, 0.1) is 31.4 Å². The first-order valence-corrected chi connectivity index (χ1v) is 11.3. The highest BCUT2D eigenvalue weighted by molar-refractivity contribution is 7.91. The Morgan fingerprint density at radius 3 is 2.22 bits per heavy atom. The lowest BCUT2D eigenvalue weighted by Gasteiger charge is -2.18. The minimum Gasteiger partial charge on any atom is -0.369 e. The Balaban J connectivity index is 2.27. The first-order chi connectivity index (χ1) is 14.8. The molecule has 0 aliphatic rings. The number of halogens is 2. The maximum atomic E-state index is 14.8. The zero-order chi connectivity index (χ0) is 24.0. The molecule has 10 heteroatoms. The van der Waals surface area contributed by atoms with Gasteiger partial charge in [-0.25, -0.2) is 17.2 Å². The van der Waals surface area contributed by atoms with E-state index in [1.165, 1.54) is 26.0 Å². The van der Waals surface area contributed by atoms with Crippen molar-refractivity contribution >= 4 is 32.6 Å². The normalized spacial score (nSPS) is 13.7. The van der Waals surface area contributed by atoms with Gasteiger partial charge in [0.15, 0.2) is 11.6 Å². The summed E-state index contributed by atoms with van der Waals surface area (Å²) in [6.07, 6.45) is 0. The molecule has 32 heavy (non-hydrogen) atoms. The average molecular weight is 464 g/mol. The van der Waals surface area contributed by atoms with E-state index in [-0.39, 0.29) is 10.4 Å². The van der Waals surface area contributed by atoms with E-state index in [2.05, 4.69) is 10.3 Å². The third-order valence-corrected chi connectivity index (χ3v) is 7.17. The molecule has 0 saturated carbocycles. The van der Waals surface area contributed by atoms with Crippen LogP contribution in [0.3, 0.4) is 0 Å². The molecule has 7 nitrogen and oxygen atoms in total. The van der Waals surface area contributed by atoms with Gasteiger partial charge in [-0.3, -0.25) is 9.59 Å². The van der Waals surface area contributed by atoms with Gasteiger partial charge < -0.3 is 16.0 Å². The van der Waals surface area contributed by atoms with Crippen LogP contribution in [-0.2, 0) is 14.6 Å². The molecule has 4 N–H and O–H groups in total. The first kappa shape index (κ1) is 23.4. The van der Waals surface area contributed by atoms with Gasteiger partial charge in [-0.1, -0.05) is 13.0 Å². The molecule has 0 fully saturated rings. The zero-order valence-corrected chi connectivity index (χ0v) is 18.7. The van der Waals surface area contributed by atoms with E-state index in [4.69, 9.17) is 5.73 Å². The van der Waals surface area contributed by atoms with Gasteiger partial charge in [-0.05, 0) is 56.2 Å². The number of aromatic amines is 1. The highest BCUT2D eigenvalue weighted by atomic mass is 32.2. The number of carbonyl (C=O) groups excluding carboxylic acids is 2. The van der Waals surface area contributed by atoms with Crippen molar-refractivity contribution in [2.24, 2.45) is 11.7 Å². The molecule has 0 aliphatic heterocycles. The number of nitrogens with one attached hydrogen (secondary N) is 2. The van der Waals surface area contributed by atoms with Crippen molar-refractivity contribution in [1.29, 1.82) is 0 Å². The SMILES string of the molecule is Cc1cc(C)cc(S(=O)(=O)c2c(C(=O)NC(C)C(C)C(N)=O)[nH]c3ccc(F)c(F)c23)c1. The van der Waals surface area contributed by atoms with Gasteiger partial charge >= 0.3 is 0 Å². The first-order valence-electron chi connectivity index (χ1n) is 9.77. The minimum absolute atomic E-state index is 0.0624. The zero-order valence-electron chi connectivity index (χ0n) is 17.9. The van der Waals surface area contributed by atoms with E-state index in [1.54, 1.807) is 19.9 Å². The van der Waals surface area contributed by atoms with Gasteiger partial charge in [-0.2, -0.15) is 0 Å². The van der Waals surface area contributed by atoms with Crippen LogP contribution in [0.15, 0.2) is 40.1 Å². The molecular formula is C22H23F2N3O4S. The summed E-state index contributed by atoms with van der Waals surface area (Å²) in [5.74, 6) is -4.96. The molecule has 2 unspecified atom stereocenters. The lowest BCUT2D eigenvalue weighted by Crippen LogP contribution is -2.42. The molecule has 2 amide bonds. The van der Waals surface area contributed by atoms with Crippen LogP contribution >= 0.6 is 0 Å². The number of rotatable bonds is 6. The van der Waals surface area contributed by atoms with Crippen LogP contribution in [-0.4, -0.2) is 31.3 Å². The number of hydrogen-bond donors (Lipinski definition) is 3. The van der Waals surface area contributed by atoms with Crippen molar-refractivity contribution in [3.8, 4) is 0 Å². The van der Waals surface area contributed by atoms with Crippen molar-refractivity contribution in [3.63, 3.8) is 0 Å². The van der Waals surface area contributed by atoms with Crippen molar-refractivity contribution in [3.05, 3.63) is 58.8 Å². The number of aryl methyl sites for hydroxylation is 2. The molecule has 3 aromatic rings. The van der Waals surface area contributed by atoms with Crippen LogP contribution in [0.1, 0.15) is 35.5 Å². The number of nitrogens with two attached hydrogens (primary N) is 1. The second-order valence-corrected chi connectivity index (χ2v) is 9.78. The number of amides is 2. The molecule has 1 aromatic heterocycles. The molecule has 0 saturated heterocycles. The van der Waals surface area contributed by atoms with Crippen molar-refractivity contribution in [2.75, 3.05) is 0 Å². The monoisotopic (exact) mass is 463 g/mol. The number of benzene rings is 2. The standard InChI is InChI=1S/C22H23F2N3O4S/c1-10-7-11(2)9-14(8-10)32(30,31)20-17-16(6-5-15(23)18(17)24)27-19(20)22(29)26-13(4)12(3)21(25)28/h5-9,12-13,27H,1-4H3,(H2,25,28)(H,26,29). The Kier molecular flexibility index (Phi) is 6.10. The van der Waals surface area contributed by atoms with E-state index in [0.29, 0.717) is 11.1 Å². The third-order valence-electron chi connectivity index (χ3n) is 5.37. The minimum atomic E-state index is -4.44. The fourth-order valence-corrected chi connectivity index (χ4v) is 5.28. The Hall–Kier alpha value is -3.27. The summed E-state index contributed by atoms with van der Waals surface area (Å²) < 4.78 is 55.9. The second kappa shape index (κ2) is 8.34. The number of sulfone groups is 1. The summed E-state index contributed by atoms with van der Waals surface area (Å²) in [7, 11) is -4.44. The van der Waals surface area contributed by atoms with E-state index in [9.17, 15) is 26.8 Å². The van der Waals surface area contributed by atoms with Gasteiger partial charge in [0.05, 0.1) is 21.7 Å². The Bertz CT molecular complexity index is 1330. The maximum Gasteiger partial charge on any atom is 0.269 e. The molecule has 2 atom stereocenters. The quantitative estimate of drug-likeness (QED) is 0.520. The summed E-state index contributed by atoms with van der Waals surface area (Å²) >= 11 is 0. The summed E-state index contributed by atoms with van der Waals surface area (Å²) in [6.45, 7) is 6.42. The Labute approximate surface area is 183 Å². The summed E-state index contributed by atoms with van der Waals surface area (Å²) in [4.78, 5) is 26.2. The number of hydrogen-bond acceptors (Lipinski definition) is 4. The summed E-state index contributed by atoms with van der Waals surface area (Å²) in [5.41, 5.74) is 6.03. The molecule has 3 rings (SSSR count). The van der Waals surface area contributed by atoms with Crippen LogP contribution in [0.2, 0.25) is 0 Å². The molecule has 0 aliphatic carbocycles. The highest BCUT2D eigenvalue weighted by Crippen LogP contribution is 2.35. The lowest BCUT2D eigenvalue weighted by atomic mass is 10.0. The average Bonchev–Trinajstić information content (AvgIpc) is 3.10. The molecule has 2 aromatic carbocycles. The van der Waals surface area contributed by atoms with Crippen LogP contribution in [0.4, 0.5) is 8.78 Å². The molecular weight excluding hydrogens is 440 g/mol. The lowest BCUT2D eigenvalue weighted by molar-refractivity contribution is -0.121. The molecule has 0 spiro atoms. The molecule has 0 bridgehead atoms. The fraction of sp³-hybridized carbons (Fsp3) is 0.273. The maximum absolute atomic E-state index is 14.8. The molecule has 1 heterocycles. The van der Waals surface area contributed by atoms with Crippen LogP contribution in [0.5, 0.6) is 0 Å². The largest absolute Gasteiger partial charge is 0.369 e. The van der Waals surface area contributed by atoms with Crippen LogP contribution < -0.4 is 11.1 Å².